The number of methoxy groups -OCH3 is 1. The van der Waals surface area contributed by atoms with Crippen LogP contribution in [-0.2, 0) is 0 Å². The minimum Gasteiger partial charge on any atom is -0.497 e. The van der Waals surface area contributed by atoms with Crippen molar-refractivity contribution in [1.82, 2.24) is 14.4 Å². The van der Waals surface area contributed by atoms with Gasteiger partial charge in [-0.25, -0.2) is 9.97 Å². The molecule has 3 aromatic heterocycles. The van der Waals surface area contributed by atoms with Gasteiger partial charge in [0, 0.05) is 11.9 Å². The normalized spacial score (nSPS) is 11.0. The Balaban J connectivity index is 1.73. The predicted molar refractivity (Wildman–Crippen MR) is 107 cm³/mol. The first kappa shape index (κ1) is 16.7. The quantitative estimate of drug-likeness (QED) is 0.529. The maximum absolute atomic E-state index is 6.25. The number of aryl methyl sites for hydroxylation is 1. The fraction of sp³-hybridized carbons (Fsp3) is 0.111. The minimum atomic E-state index is 0.590. The topological polar surface area (TPSA) is 77.5 Å². The molecule has 0 fully saturated rings. The molecule has 3 heterocycles. The summed E-state index contributed by atoms with van der Waals surface area (Å²) in [4.78, 5) is 9.23. The Morgan fingerprint density at radius 1 is 1.19 bits per heavy atom. The zero-order valence-electron chi connectivity index (χ0n) is 14.2. The van der Waals surface area contributed by atoms with Crippen molar-refractivity contribution in [2.75, 3.05) is 18.2 Å². The number of ether oxygens (including phenoxy) is 1. The number of fused-ring (bicyclic) bond motifs is 1. The van der Waals surface area contributed by atoms with E-state index in [0.717, 1.165) is 22.8 Å². The van der Waals surface area contributed by atoms with Gasteiger partial charge in [0.25, 0.3) is 0 Å². The number of imidazole rings is 1. The molecule has 0 saturated heterocycles. The van der Waals surface area contributed by atoms with Gasteiger partial charge < -0.3 is 15.8 Å². The number of halogens is 1. The maximum Gasteiger partial charge on any atom is 0.189 e. The summed E-state index contributed by atoms with van der Waals surface area (Å²) in [5, 5.41) is 5.19. The number of nitrogens with zero attached hydrogens (tertiary/aromatic N) is 3. The van der Waals surface area contributed by atoms with E-state index in [2.05, 4.69) is 15.3 Å². The van der Waals surface area contributed by atoms with Gasteiger partial charge in [-0.15, -0.1) is 0 Å². The third kappa shape index (κ3) is 2.85. The Bertz CT molecular complexity index is 1090. The zero-order chi connectivity index (χ0) is 18.3. The lowest BCUT2D eigenvalue weighted by molar-refractivity contribution is 0.415. The fourth-order valence-corrected chi connectivity index (χ4v) is 3.75. The van der Waals surface area contributed by atoms with Gasteiger partial charge in [0.1, 0.15) is 16.4 Å². The lowest BCUT2D eigenvalue weighted by Gasteiger charge is -2.04. The number of nitrogen functional groups attached to an aromatic ring is 1. The molecule has 0 atom stereocenters. The Morgan fingerprint density at radius 3 is 2.69 bits per heavy atom. The number of aromatic nitrogens is 3. The van der Waals surface area contributed by atoms with E-state index in [1.165, 1.54) is 11.3 Å². The Hall–Kier alpha value is -2.77. The van der Waals surface area contributed by atoms with Crippen LogP contribution >= 0.6 is 22.9 Å². The van der Waals surface area contributed by atoms with E-state index < -0.39 is 0 Å². The second kappa shape index (κ2) is 6.51. The van der Waals surface area contributed by atoms with Crippen LogP contribution in [0.25, 0.3) is 17.0 Å². The summed E-state index contributed by atoms with van der Waals surface area (Å²) in [6, 6.07) is 11.3. The summed E-state index contributed by atoms with van der Waals surface area (Å²) >= 11 is 7.64. The van der Waals surface area contributed by atoms with Crippen molar-refractivity contribution in [1.29, 1.82) is 0 Å². The highest BCUT2D eigenvalue weighted by molar-refractivity contribution is 7.19. The highest BCUT2D eigenvalue weighted by Crippen LogP contribution is 2.37. The highest BCUT2D eigenvalue weighted by atomic mass is 35.5. The Kier molecular flexibility index (Phi) is 4.18. The van der Waals surface area contributed by atoms with Crippen LogP contribution in [0.1, 0.15) is 5.69 Å². The summed E-state index contributed by atoms with van der Waals surface area (Å²) in [5.41, 5.74) is 10.2. The second-order valence-electron chi connectivity index (χ2n) is 5.68. The van der Waals surface area contributed by atoms with Crippen molar-refractivity contribution in [3.05, 3.63) is 53.3 Å². The monoisotopic (exact) mass is 385 g/mol. The number of benzene rings is 1. The molecule has 4 aromatic rings. The molecule has 0 spiro atoms. The molecule has 26 heavy (non-hydrogen) atoms. The van der Waals surface area contributed by atoms with Crippen molar-refractivity contribution < 1.29 is 4.74 Å². The predicted octanol–water partition coefficient (Wildman–Crippen LogP) is 4.75. The number of rotatable bonds is 4. The molecule has 0 amide bonds. The molecule has 4 rings (SSSR count). The number of anilines is 3. The van der Waals surface area contributed by atoms with Crippen LogP contribution in [0.3, 0.4) is 0 Å². The van der Waals surface area contributed by atoms with E-state index in [9.17, 15) is 0 Å². The van der Waals surface area contributed by atoms with Crippen LogP contribution in [0, 0.1) is 6.92 Å². The van der Waals surface area contributed by atoms with Crippen LogP contribution in [0.15, 0.2) is 42.6 Å². The summed E-state index contributed by atoms with van der Waals surface area (Å²) in [6.07, 6.45) is 1.91. The largest absolute Gasteiger partial charge is 0.497 e. The number of nitrogens with one attached hydrogen (secondary N) is 1. The first-order chi connectivity index (χ1) is 12.6. The molecule has 0 aliphatic heterocycles. The van der Waals surface area contributed by atoms with Gasteiger partial charge >= 0.3 is 0 Å². The summed E-state index contributed by atoms with van der Waals surface area (Å²) < 4.78 is 7.09. The lowest BCUT2D eigenvalue weighted by Crippen LogP contribution is -1.94. The average molecular weight is 386 g/mol. The molecule has 132 valence electrons. The fourth-order valence-electron chi connectivity index (χ4n) is 2.79. The molecular weight excluding hydrogens is 370 g/mol. The molecule has 0 bridgehead atoms. The average Bonchev–Trinajstić information content (AvgIpc) is 3.15. The molecule has 0 unspecified atom stereocenters. The van der Waals surface area contributed by atoms with Gasteiger partial charge in [0.2, 0.25) is 0 Å². The molecule has 8 heteroatoms. The Morgan fingerprint density at radius 2 is 1.96 bits per heavy atom. The van der Waals surface area contributed by atoms with Crippen molar-refractivity contribution in [2.45, 2.75) is 6.92 Å². The van der Waals surface area contributed by atoms with E-state index in [0.29, 0.717) is 26.5 Å². The molecule has 6 nitrogen and oxygen atoms in total. The SMILES string of the molecule is COc1ccc(Nc2nc(-c3c(C)nc4c(Cl)cccn34)c(N)s2)cc1. The highest BCUT2D eigenvalue weighted by Gasteiger charge is 2.19. The van der Waals surface area contributed by atoms with E-state index in [1.54, 1.807) is 7.11 Å². The van der Waals surface area contributed by atoms with Gasteiger partial charge in [0.05, 0.1) is 23.5 Å². The smallest absolute Gasteiger partial charge is 0.189 e. The van der Waals surface area contributed by atoms with Crippen molar-refractivity contribution in [3.8, 4) is 17.1 Å². The first-order valence-corrected chi connectivity index (χ1v) is 9.07. The van der Waals surface area contributed by atoms with E-state index in [4.69, 9.17) is 22.1 Å². The zero-order valence-corrected chi connectivity index (χ0v) is 15.7. The molecule has 0 aliphatic carbocycles. The van der Waals surface area contributed by atoms with Gasteiger partial charge in [-0.3, -0.25) is 4.40 Å². The molecule has 3 N–H and O–H groups in total. The van der Waals surface area contributed by atoms with Gasteiger partial charge in [-0.1, -0.05) is 22.9 Å². The van der Waals surface area contributed by atoms with Crippen LogP contribution in [0.2, 0.25) is 5.02 Å². The summed E-state index contributed by atoms with van der Waals surface area (Å²) in [5.74, 6) is 0.799. The van der Waals surface area contributed by atoms with Crippen molar-refractivity contribution in [2.24, 2.45) is 0 Å². The standard InChI is InChI=1S/C18H16ClN5OS/c1-10-15(24-9-3-4-13(19)17(24)21-10)14-16(20)26-18(23-14)22-11-5-7-12(25-2)8-6-11/h3-9H,20H2,1-2H3,(H,22,23). The van der Waals surface area contributed by atoms with Crippen LogP contribution < -0.4 is 15.8 Å². The van der Waals surface area contributed by atoms with Gasteiger partial charge in [-0.2, -0.15) is 0 Å². The number of hydrogen-bond donors (Lipinski definition) is 2. The number of thiazole rings is 1. The van der Waals surface area contributed by atoms with E-state index >= 15 is 0 Å². The number of pyridine rings is 1. The van der Waals surface area contributed by atoms with E-state index in [1.807, 2.05) is 53.9 Å². The number of hydrogen-bond acceptors (Lipinski definition) is 6. The van der Waals surface area contributed by atoms with Gasteiger partial charge in [-0.05, 0) is 43.3 Å². The van der Waals surface area contributed by atoms with Gasteiger partial charge in [0.15, 0.2) is 10.8 Å². The van der Waals surface area contributed by atoms with Crippen molar-refractivity contribution >= 4 is 44.4 Å². The van der Waals surface area contributed by atoms with Crippen LogP contribution in [-0.4, -0.2) is 21.5 Å². The maximum atomic E-state index is 6.25. The summed E-state index contributed by atoms with van der Waals surface area (Å²) in [7, 11) is 1.64. The third-order valence-corrected chi connectivity index (χ3v) is 5.09. The number of nitrogens with two attached hydrogens (primary N) is 1. The molecule has 0 saturated carbocycles. The van der Waals surface area contributed by atoms with Crippen LogP contribution in [0.5, 0.6) is 5.75 Å². The lowest BCUT2D eigenvalue weighted by atomic mass is 10.2. The molecule has 0 radical (unpaired) electrons. The first-order valence-electron chi connectivity index (χ1n) is 7.87. The van der Waals surface area contributed by atoms with Crippen molar-refractivity contribution in [3.63, 3.8) is 0 Å². The van der Waals surface area contributed by atoms with Crippen LogP contribution in [0.4, 0.5) is 15.8 Å². The Labute approximate surface area is 159 Å². The molecule has 0 aliphatic rings. The molecule has 1 aromatic carbocycles. The summed E-state index contributed by atoms with van der Waals surface area (Å²) in [6.45, 7) is 1.92. The molecular formula is C18H16ClN5OS. The minimum absolute atomic E-state index is 0.590. The van der Waals surface area contributed by atoms with E-state index in [-0.39, 0.29) is 0 Å². The third-order valence-electron chi connectivity index (χ3n) is 4.00. The second-order valence-corrected chi connectivity index (χ2v) is 7.12.